The number of aromatic nitrogens is 2. The zero-order valence-corrected chi connectivity index (χ0v) is 18.8. The molecule has 1 fully saturated rings. The molecule has 1 N–H and O–H groups in total. The number of halogens is 1. The van der Waals surface area contributed by atoms with E-state index in [0.717, 1.165) is 16.6 Å². The summed E-state index contributed by atoms with van der Waals surface area (Å²) in [6.07, 6.45) is 5.85. The third-order valence-electron chi connectivity index (χ3n) is 5.66. The molecule has 3 aromatic rings. The second-order valence-electron chi connectivity index (χ2n) is 7.73. The molecule has 0 spiro atoms. The van der Waals surface area contributed by atoms with Crippen molar-refractivity contribution in [1.29, 1.82) is 0 Å². The van der Waals surface area contributed by atoms with Gasteiger partial charge < -0.3 is 10.2 Å². The summed E-state index contributed by atoms with van der Waals surface area (Å²) in [6, 6.07) is 17.5. The highest BCUT2D eigenvalue weighted by Gasteiger charge is 2.27. The van der Waals surface area contributed by atoms with Gasteiger partial charge in [-0.3, -0.25) is 9.59 Å². The molecule has 0 saturated carbocycles. The average molecular weight is 481 g/mol. The van der Waals surface area contributed by atoms with Crippen molar-refractivity contribution < 1.29 is 9.59 Å². The number of hydrogen-bond donors (Lipinski definition) is 1. The Morgan fingerprint density at radius 1 is 1.03 bits per heavy atom. The fourth-order valence-corrected chi connectivity index (χ4v) is 4.10. The molecule has 2 aromatic carbocycles. The Balaban J connectivity index is 1.20. The maximum atomic E-state index is 12.6. The lowest BCUT2D eigenvalue weighted by Crippen LogP contribution is -2.43. The number of carbonyl (C=O) groups is 2. The van der Waals surface area contributed by atoms with Gasteiger partial charge in [0.05, 0.1) is 5.69 Å². The maximum Gasteiger partial charge on any atom is 0.253 e. The molecule has 160 valence electrons. The Hall–Kier alpha value is -2.93. The van der Waals surface area contributed by atoms with E-state index in [2.05, 4.69) is 38.5 Å². The summed E-state index contributed by atoms with van der Waals surface area (Å²) in [5.41, 5.74) is 2.87. The van der Waals surface area contributed by atoms with Crippen molar-refractivity contribution in [2.45, 2.75) is 19.3 Å². The highest BCUT2D eigenvalue weighted by Crippen LogP contribution is 2.20. The molecular formula is C24H25BrN4O2. The maximum absolute atomic E-state index is 12.6. The van der Waals surface area contributed by atoms with Crippen LogP contribution in [0.1, 0.15) is 28.8 Å². The van der Waals surface area contributed by atoms with Crippen molar-refractivity contribution in [3.05, 3.63) is 82.6 Å². The van der Waals surface area contributed by atoms with E-state index in [-0.39, 0.29) is 17.7 Å². The van der Waals surface area contributed by atoms with Crippen LogP contribution in [0, 0.1) is 5.92 Å². The second-order valence-corrected chi connectivity index (χ2v) is 8.65. The summed E-state index contributed by atoms with van der Waals surface area (Å²) >= 11 is 3.39. The Morgan fingerprint density at radius 3 is 2.39 bits per heavy atom. The third kappa shape index (κ3) is 5.41. The SMILES string of the molecule is O=C(NCCc1ccc(-n2cccn2)cc1)C1CCN(C(=O)c2ccc(Br)cc2)CC1. The summed E-state index contributed by atoms with van der Waals surface area (Å²) in [5.74, 6) is 0.0879. The first kappa shape index (κ1) is 21.3. The van der Waals surface area contributed by atoms with Gasteiger partial charge in [-0.25, -0.2) is 4.68 Å². The number of nitrogens with one attached hydrogen (secondary N) is 1. The van der Waals surface area contributed by atoms with E-state index in [1.165, 1.54) is 5.56 Å². The minimum Gasteiger partial charge on any atom is -0.356 e. The van der Waals surface area contributed by atoms with Gasteiger partial charge in [-0.2, -0.15) is 5.10 Å². The number of benzene rings is 2. The Bertz CT molecular complexity index is 1010. The molecule has 31 heavy (non-hydrogen) atoms. The highest BCUT2D eigenvalue weighted by molar-refractivity contribution is 9.10. The van der Waals surface area contributed by atoms with Gasteiger partial charge in [-0.05, 0) is 67.3 Å². The number of nitrogens with zero attached hydrogens (tertiary/aromatic N) is 3. The van der Waals surface area contributed by atoms with Crippen LogP contribution >= 0.6 is 15.9 Å². The van der Waals surface area contributed by atoms with Gasteiger partial charge in [-0.15, -0.1) is 0 Å². The molecule has 1 aromatic heterocycles. The van der Waals surface area contributed by atoms with Crippen LogP contribution in [0.2, 0.25) is 0 Å². The van der Waals surface area contributed by atoms with E-state index in [1.54, 1.807) is 6.20 Å². The summed E-state index contributed by atoms with van der Waals surface area (Å²) in [4.78, 5) is 27.0. The molecule has 4 rings (SSSR count). The molecule has 0 bridgehead atoms. The predicted octanol–water partition coefficient (Wildman–Crippen LogP) is 3.85. The van der Waals surface area contributed by atoms with Gasteiger partial charge in [0.2, 0.25) is 5.91 Å². The molecule has 7 heteroatoms. The Labute approximate surface area is 190 Å². The number of carbonyl (C=O) groups excluding carboxylic acids is 2. The van der Waals surface area contributed by atoms with Gasteiger partial charge in [0.1, 0.15) is 0 Å². The molecule has 2 heterocycles. The molecule has 0 aliphatic carbocycles. The van der Waals surface area contributed by atoms with Crippen molar-refractivity contribution in [2.75, 3.05) is 19.6 Å². The summed E-state index contributed by atoms with van der Waals surface area (Å²) < 4.78 is 2.77. The standard InChI is InChI=1S/C24H25BrN4O2/c25-21-6-4-20(5-7-21)24(31)28-16-11-19(12-17-28)23(30)26-14-10-18-2-8-22(9-3-18)29-15-1-13-27-29/h1-9,13,15,19H,10-12,14,16-17H2,(H,26,30). The van der Waals surface area contributed by atoms with Gasteiger partial charge in [0, 0.05) is 48.0 Å². The first-order valence-corrected chi connectivity index (χ1v) is 11.3. The molecule has 0 radical (unpaired) electrons. The largest absolute Gasteiger partial charge is 0.356 e. The fourth-order valence-electron chi connectivity index (χ4n) is 3.83. The number of likely N-dealkylation sites (tertiary alicyclic amines) is 1. The number of piperidine rings is 1. The van der Waals surface area contributed by atoms with E-state index in [0.29, 0.717) is 38.0 Å². The van der Waals surface area contributed by atoms with Crippen molar-refractivity contribution in [1.82, 2.24) is 20.0 Å². The van der Waals surface area contributed by atoms with Crippen LogP contribution < -0.4 is 5.32 Å². The van der Waals surface area contributed by atoms with Gasteiger partial charge in [0.15, 0.2) is 0 Å². The van der Waals surface area contributed by atoms with Gasteiger partial charge in [-0.1, -0.05) is 28.1 Å². The van der Waals surface area contributed by atoms with Crippen molar-refractivity contribution in [3.63, 3.8) is 0 Å². The smallest absolute Gasteiger partial charge is 0.253 e. The number of amides is 2. The lowest BCUT2D eigenvalue weighted by atomic mass is 9.95. The van der Waals surface area contributed by atoms with E-state index in [4.69, 9.17) is 0 Å². The zero-order valence-electron chi connectivity index (χ0n) is 17.2. The monoisotopic (exact) mass is 480 g/mol. The summed E-state index contributed by atoms with van der Waals surface area (Å²) in [6.45, 7) is 1.84. The van der Waals surface area contributed by atoms with E-state index in [9.17, 15) is 9.59 Å². The van der Waals surface area contributed by atoms with Crippen LogP contribution in [-0.2, 0) is 11.2 Å². The molecule has 6 nitrogen and oxygen atoms in total. The van der Waals surface area contributed by atoms with Crippen molar-refractivity contribution >= 4 is 27.7 Å². The van der Waals surface area contributed by atoms with Crippen molar-refractivity contribution in [3.8, 4) is 5.69 Å². The van der Waals surface area contributed by atoms with Crippen LogP contribution in [0.25, 0.3) is 5.69 Å². The van der Waals surface area contributed by atoms with Crippen LogP contribution in [0.3, 0.4) is 0 Å². The third-order valence-corrected chi connectivity index (χ3v) is 6.19. The minimum absolute atomic E-state index is 0.0313. The predicted molar refractivity (Wildman–Crippen MR) is 123 cm³/mol. The van der Waals surface area contributed by atoms with Crippen LogP contribution in [0.5, 0.6) is 0 Å². The van der Waals surface area contributed by atoms with E-state index in [1.807, 2.05) is 58.2 Å². The average Bonchev–Trinajstić information content (AvgIpc) is 3.35. The molecule has 0 unspecified atom stereocenters. The lowest BCUT2D eigenvalue weighted by Gasteiger charge is -2.31. The zero-order chi connectivity index (χ0) is 21.6. The first-order valence-electron chi connectivity index (χ1n) is 10.5. The molecule has 2 amide bonds. The Morgan fingerprint density at radius 2 is 1.74 bits per heavy atom. The van der Waals surface area contributed by atoms with E-state index < -0.39 is 0 Å². The van der Waals surface area contributed by atoms with Crippen LogP contribution in [0.4, 0.5) is 0 Å². The molecule has 1 saturated heterocycles. The first-order chi connectivity index (χ1) is 15.1. The topological polar surface area (TPSA) is 67.2 Å². The van der Waals surface area contributed by atoms with Crippen molar-refractivity contribution in [2.24, 2.45) is 5.92 Å². The van der Waals surface area contributed by atoms with Gasteiger partial charge >= 0.3 is 0 Å². The normalized spacial score (nSPS) is 14.4. The number of hydrogen-bond acceptors (Lipinski definition) is 3. The van der Waals surface area contributed by atoms with Crippen LogP contribution in [0.15, 0.2) is 71.5 Å². The summed E-state index contributed by atoms with van der Waals surface area (Å²) in [7, 11) is 0. The van der Waals surface area contributed by atoms with E-state index >= 15 is 0 Å². The molecule has 1 aliphatic rings. The quantitative estimate of drug-likeness (QED) is 0.582. The Kier molecular flexibility index (Phi) is 6.82. The molecule has 0 atom stereocenters. The lowest BCUT2D eigenvalue weighted by molar-refractivity contribution is -0.126. The number of rotatable bonds is 6. The minimum atomic E-state index is -0.0313. The fraction of sp³-hybridized carbons (Fsp3) is 0.292. The molecule has 1 aliphatic heterocycles. The van der Waals surface area contributed by atoms with Crippen LogP contribution in [-0.4, -0.2) is 46.1 Å². The highest BCUT2D eigenvalue weighted by atomic mass is 79.9. The van der Waals surface area contributed by atoms with Gasteiger partial charge in [0.25, 0.3) is 5.91 Å². The molecular weight excluding hydrogens is 456 g/mol. The summed E-state index contributed by atoms with van der Waals surface area (Å²) in [5, 5.41) is 7.28. The second kappa shape index (κ2) is 9.92.